The van der Waals surface area contributed by atoms with Crippen LogP contribution in [0.3, 0.4) is 0 Å². The molecule has 0 saturated carbocycles. The van der Waals surface area contributed by atoms with Gasteiger partial charge in [-0.15, -0.1) is 0 Å². The molecule has 1 fully saturated rings. The monoisotopic (exact) mass is 399 g/mol. The zero-order valence-electron chi connectivity index (χ0n) is 15.9. The van der Waals surface area contributed by atoms with Crippen LogP contribution in [0.25, 0.3) is 0 Å². The van der Waals surface area contributed by atoms with Gasteiger partial charge in [0.1, 0.15) is 0 Å². The van der Waals surface area contributed by atoms with Crippen LogP contribution >= 0.6 is 12.2 Å². The Morgan fingerprint density at radius 3 is 2.81 bits per heavy atom. The minimum Gasteiger partial charge on any atom is -0.362 e. The highest BCUT2D eigenvalue weighted by Gasteiger charge is 2.21. The van der Waals surface area contributed by atoms with Crippen LogP contribution in [-0.4, -0.2) is 57.6 Å². The van der Waals surface area contributed by atoms with E-state index in [2.05, 4.69) is 17.6 Å². The van der Waals surface area contributed by atoms with E-state index < -0.39 is 10.0 Å². The summed E-state index contributed by atoms with van der Waals surface area (Å²) in [6.07, 6.45) is 5.09. The lowest BCUT2D eigenvalue weighted by Gasteiger charge is -2.30. The number of sulfonamides is 1. The van der Waals surface area contributed by atoms with E-state index in [0.717, 1.165) is 25.6 Å². The second-order valence-electron chi connectivity index (χ2n) is 7.10. The van der Waals surface area contributed by atoms with Gasteiger partial charge in [0, 0.05) is 32.7 Å². The molecule has 0 amide bonds. The van der Waals surface area contributed by atoms with Crippen molar-refractivity contribution in [1.29, 1.82) is 0 Å². The smallest absolute Gasteiger partial charge is 0.242 e. The molecule has 1 saturated heterocycles. The summed E-state index contributed by atoms with van der Waals surface area (Å²) in [5, 5.41) is 6.80. The van der Waals surface area contributed by atoms with Gasteiger partial charge in [-0.3, -0.25) is 0 Å². The van der Waals surface area contributed by atoms with Gasteiger partial charge in [-0.25, -0.2) is 12.7 Å². The molecule has 0 aromatic heterocycles. The van der Waals surface area contributed by atoms with E-state index >= 15 is 0 Å². The van der Waals surface area contributed by atoms with Crippen molar-refractivity contribution in [2.24, 2.45) is 0 Å². The molecule has 1 aromatic carbocycles. The van der Waals surface area contributed by atoms with Gasteiger partial charge in [0.2, 0.25) is 10.0 Å². The number of nitrogens with zero attached hydrogens (tertiary/aromatic N) is 1. The molecule has 1 unspecified atom stereocenters. The highest BCUT2D eigenvalue weighted by Crippen LogP contribution is 2.17. The second kappa shape index (κ2) is 9.64. The number of hydrogen-bond donors (Lipinski definition) is 3. The van der Waals surface area contributed by atoms with E-state index in [1.165, 1.54) is 44.2 Å². The molecule has 1 heterocycles. The molecular formula is C18H31N4O2S2+. The first-order valence-electron chi connectivity index (χ1n) is 9.22. The van der Waals surface area contributed by atoms with Gasteiger partial charge < -0.3 is 15.5 Å². The van der Waals surface area contributed by atoms with Crippen molar-refractivity contribution in [2.75, 3.05) is 39.0 Å². The molecule has 0 aliphatic carbocycles. The van der Waals surface area contributed by atoms with Crippen molar-refractivity contribution >= 4 is 33.0 Å². The van der Waals surface area contributed by atoms with Crippen LogP contribution in [0.1, 0.15) is 32.6 Å². The summed E-state index contributed by atoms with van der Waals surface area (Å²) < 4.78 is 25.6. The summed E-state index contributed by atoms with van der Waals surface area (Å²) in [7, 11) is -0.406. The summed E-state index contributed by atoms with van der Waals surface area (Å²) in [5.41, 5.74) is 0.667. The van der Waals surface area contributed by atoms with Gasteiger partial charge in [-0.1, -0.05) is 6.07 Å². The molecule has 3 N–H and O–H groups in total. The number of hydrogen-bond acceptors (Lipinski definition) is 3. The third-order valence-corrected chi connectivity index (χ3v) is 6.97. The van der Waals surface area contributed by atoms with Crippen LogP contribution in [0.2, 0.25) is 0 Å². The fourth-order valence-corrected chi connectivity index (χ4v) is 4.43. The predicted octanol–water partition coefficient (Wildman–Crippen LogP) is 1.07. The molecule has 1 aliphatic rings. The average Bonchev–Trinajstić information content (AvgIpc) is 2.60. The summed E-state index contributed by atoms with van der Waals surface area (Å²) in [4.78, 5) is 1.94. The Balaban J connectivity index is 1.79. The Bertz CT molecular complexity index is 707. The van der Waals surface area contributed by atoms with Crippen molar-refractivity contribution < 1.29 is 13.3 Å². The zero-order chi connectivity index (χ0) is 19.2. The number of benzene rings is 1. The zero-order valence-corrected chi connectivity index (χ0v) is 17.5. The quantitative estimate of drug-likeness (QED) is 0.473. The number of quaternary nitrogens is 1. The highest BCUT2D eigenvalue weighted by molar-refractivity contribution is 7.89. The first-order chi connectivity index (χ1) is 12.3. The second-order valence-corrected chi connectivity index (χ2v) is 9.66. The van der Waals surface area contributed by atoms with E-state index in [0.29, 0.717) is 10.8 Å². The standard InChI is InChI=1S/C18H30N4O2S2/c1-15-8-4-5-12-22(15)13-7-11-19-18(25)20-16-9-6-10-17(14-16)26(23,24)21(2)3/h6,9-10,14-15H,4-5,7-8,11-13H2,1-3H3,(H2,19,20,25)/p+1/t15-/m0/s1. The normalized spacial score (nSPS) is 20.8. The van der Waals surface area contributed by atoms with Gasteiger partial charge in [-0.05, 0) is 56.6 Å². The minimum absolute atomic E-state index is 0.248. The van der Waals surface area contributed by atoms with Crippen molar-refractivity contribution in [3.63, 3.8) is 0 Å². The van der Waals surface area contributed by atoms with Crippen LogP contribution < -0.4 is 15.5 Å². The highest BCUT2D eigenvalue weighted by atomic mass is 32.2. The SMILES string of the molecule is C[C@H]1CCCC[NH+]1CCCNC(=S)Nc1cccc(S(=O)(=O)N(C)C)c1. The maximum atomic E-state index is 12.2. The van der Waals surface area contributed by atoms with E-state index in [-0.39, 0.29) is 4.90 Å². The van der Waals surface area contributed by atoms with Crippen LogP contribution in [0.4, 0.5) is 5.69 Å². The number of likely N-dealkylation sites (tertiary alicyclic amines) is 1. The van der Waals surface area contributed by atoms with Crippen LogP contribution in [0.15, 0.2) is 29.2 Å². The van der Waals surface area contributed by atoms with E-state index in [9.17, 15) is 8.42 Å². The molecule has 0 radical (unpaired) electrons. The van der Waals surface area contributed by atoms with Crippen molar-refractivity contribution in [2.45, 2.75) is 43.5 Å². The van der Waals surface area contributed by atoms with Gasteiger partial charge in [0.25, 0.3) is 0 Å². The number of nitrogens with one attached hydrogen (secondary N) is 3. The maximum absolute atomic E-state index is 12.2. The Morgan fingerprint density at radius 2 is 2.12 bits per heavy atom. The molecule has 0 spiro atoms. The Morgan fingerprint density at radius 1 is 1.35 bits per heavy atom. The molecule has 1 aliphatic heterocycles. The van der Waals surface area contributed by atoms with Crippen LogP contribution in [-0.2, 0) is 10.0 Å². The van der Waals surface area contributed by atoms with E-state index in [1.54, 1.807) is 23.1 Å². The van der Waals surface area contributed by atoms with Crippen LogP contribution in [0, 0.1) is 0 Å². The number of thiocarbonyl (C=S) groups is 1. The first-order valence-corrected chi connectivity index (χ1v) is 11.1. The summed E-state index contributed by atoms with van der Waals surface area (Å²) in [5.74, 6) is 0. The van der Waals surface area contributed by atoms with Crippen LogP contribution in [0.5, 0.6) is 0 Å². The predicted molar refractivity (Wildman–Crippen MR) is 110 cm³/mol. The Labute approximate surface area is 163 Å². The fraction of sp³-hybridized carbons (Fsp3) is 0.611. The lowest BCUT2D eigenvalue weighted by Crippen LogP contribution is -3.16. The van der Waals surface area contributed by atoms with Gasteiger partial charge in [0.05, 0.1) is 24.0 Å². The van der Waals surface area contributed by atoms with E-state index in [4.69, 9.17) is 12.2 Å². The van der Waals surface area contributed by atoms with Crippen molar-refractivity contribution in [1.82, 2.24) is 9.62 Å². The third-order valence-electron chi connectivity index (χ3n) is 4.91. The number of anilines is 1. The summed E-state index contributed by atoms with van der Waals surface area (Å²) in [6, 6.07) is 7.46. The number of piperidine rings is 1. The van der Waals surface area contributed by atoms with Gasteiger partial charge in [-0.2, -0.15) is 0 Å². The first kappa shape index (κ1) is 21.1. The molecule has 146 valence electrons. The van der Waals surface area contributed by atoms with Gasteiger partial charge >= 0.3 is 0 Å². The molecule has 1 aromatic rings. The maximum Gasteiger partial charge on any atom is 0.242 e. The molecule has 6 nitrogen and oxygen atoms in total. The summed E-state index contributed by atoms with van der Waals surface area (Å²) >= 11 is 5.33. The van der Waals surface area contributed by atoms with E-state index in [1.807, 2.05) is 6.07 Å². The molecule has 2 rings (SSSR count). The Hall–Kier alpha value is -1.22. The molecular weight excluding hydrogens is 368 g/mol. The Kier molecular flexibility index (Phi) is 7.82. The van der Waals surface area contributed by atoms with Crippen molar-refractivity contribution in [3.05, 3.63) is 24.3 Å². The minimum atomic E-state index is -3.45. The molecule has 2 atom stereocenters. The van der Waals surface area contributed by atoms with Crippen molar-refractivity contribution in [3.8, 4) is 0 Å². The lowest BCUT2D eigenvalue weighted by atomic mass is 10.0. The molecule has 26 heavy (non-hydrogen) atoms. The topological polar surface area (TPSA) is 65.9 Å². The van der Waals surface area contributed by atoms with Gasteiger partial charge in [0.15, 0.2) is 5.11 Å². The average molecular weight is 400 g/mol. The molecule has 0 bridgehead atoms. The third kappa shape index (κ3) is 5.90. The largest absolute Gasteiger partial charge is 0.362 e. The molecule has 8 heteroatoms. The number of rotatable bonds is 7. The summed E-state index contributed by atoms with van der Waals surface area (Å²) in [6.45, 7) is 5.59. The lowest BCUT2D eigenvalue weighted by molar-refractivity contribution is -0.928. The fourth-order valence-electron chi connectivity index (χ4n) is 3.26.